The van der Waals surface area contributed by atoms with Gasteiger partial charge in [0.25, 0.3) is 0 Å². The molecule has 0 bridgehead atoms. The average molecular weight is 222 g/mol. The van der Waals surface area contributed by atoms with Gasteiger partial charge in [0.05, 0.1) is 0 Å². The molecule has 2 atom stereocenters. The second-order valence-corrected chi connectivity index (χ2v) is 4.39. The van der Waals surface area contributed by atoms with Crippen LogP contribution in [0.25, 0.3) is 0 Å². The highest BCUT2D eigenvalue weighted by molar-refractivity contribution is 5.21. The van der Waals surface area contributed by atoms with Crippen molar-refractivity contribution >= 4 is 0 Å². The minimum Gasteiger partial charge on any atom is -0.314 e. The Morgan fingerprint density at radius 2 is 2.31 bits per heavy atom. The second kappa shape index (κ2) is 5.41. The van der Waals surface area contributed by atoms with Gasteiger partial charge in [0.15, 0.2) is 0 Å². The molecule has 0 aliphatic carbocycles. The quantitative estimate of drug-likeness (QED) is 0.816. The van der Waals surface area contributed by atoms with Gasteiger partial charge in [0, 0.05) is 17.6 Å². The molecule has 0 saturated carbocycles. The summed E-state index contributed by atoms with van der Waals surface area (Å²) in [7, 11) is 1.89. The summed E-state index contributed by atoms with van der Waals surface area (Å²) in [6.07, 6.45) is 3.39. The van der Waals surface area contributed by atoms with E-state index >= 15 is 0 Å². The summed E-state index contributed by atoms with van der Waals surface area (Å²) in [5.74, 6) is -0.111. The molecule has 1 aliphatic rings. The minimum atomic E-state index is -0.111. The Balaban J connectivity index is 2.06. The van der Waals surface area contributed by atoms with E-state index in [9.17, 15) is 4.39 Å². The molecule has 0 aromatic heterocycles. The number of rotatable bonds is 4. The summed E-state index contributed by atoms with van der Waals surface area (Å²) in [5, 5.41) is 6.65. The maximum Gasteiger partial charge on any atom is 0.127 e. The van der Waals surface area contributed by atoms with Crippen molar-refractivity contribution in [3.05, 3.63) is 35.6 Å². The Morgan fingerprint density at radius 1 is 1.50 bits per heavy atom. The van der Waals surface area contributed by atoms with Crippen LogP contribution in [0.4, 0.5) is 4.39 Å². The minimum absolute atomic E-state index is 0.108. The number of hydrogen-bond acceptors (Lipinski definition) is 2. The molecule has 1 aliphatic heterocycles. The van der Waals surface area contributed by atoms with Gasteiger partial charge in [-0.05, 0) is 38.9 Å². The predicted molar refractivity (Wildman–Crippen MR) is 63.8 cm³/mol. The molecule has 2 nitrogen and oxygen atoms in total. The van der Waals surface area contributed by atoms with Gasteiger partial charge in [-0.1, -0.05) is 18.2 Å². The summed E-state index contributed by atoms with van der Waals surface area (Å²) < 4.78 is 13.6. The summed E-state index contributed by atoms with van der Waals surface area (Å²) in [4.78, 5) is 0. The highest BCUT2D eigenvalue weighted by atomic mass is 19.1. The van der Waals surface area contributed by atoms with Crippen molar-refractivity contribution in [1.29, 1.82) is 0 Å². The Bertz CT molecular complexity index is 334. The van der Waals surface area contributed by atoms with Crippen LogP contribution in [-0.2, 0) is 0 Å². The highest BCUT2D eigenvalue weighted by Crippen LogP contribution is 2.23. The molecule has 1 fully saturated rings. The fourth-order valence-electron chi connectivity index (χ4n) is 2.40. The van der Waals surface area contributed by atoms with E-state index in [4.69, 9.17) is 0 Å². The fourth-order valence-corrected chi connectivity index (χ4v) is 2.40. The summed E-state index contributed by atoms with van der Waals surface area (Å²) in [6, 6.07) is 7.66. The lowest BCUT2D eigenvalue weighted by Crippen LogP contribution is -2.29. The predicted octanol–water partition coefficient (Wildman–Crippen LogP) is 2.23. The number of hydrogen-bond donors (Lipinski definition) is 2. The molecule has 1 aromatic rings. The van der Waals surface area contributed by atoms with Crippen LogP contribution in [0.2, 0.25) is 0 Å². The molecule has 2 unspecified atom stereocenters. The Kier molecular flexibility index (Phi) is 3.91. The van der Waals surface area contributed by atoms with Gasteiger partial charge in [-0.15, -0.1) is 0 Å². The lowest BCUT2D eigenvalue weighted by Gasteiger charge is -2.21. The average Bonchev–Trinajstić information content (AvgIpc) is 2.80. The van der Waals surface area contributed by atoms with Gasteiger partial charge < -0.3 is 10.6 Å². The van der Waals surface area contributed by atoms with Crippen LogP contribution in [-0.4, -0.2) is 19.6 Å². The van der Waals surface area contributed by atoms with Crippen molar-refractivity contribution in [2.75, 3.05) is 13.6 Å². The molecule has 16 heavy (non-hydrogen) atoms. The van der Waals surface area contributed by atoms with E-state index in [0.29, 0.717) is 6.04 Å². The zero-order valence-corrected chi connectivity index (χ0v) is 9.67. The second-order valence-electron chi connectivity index (χ2n) is 4.39. The number of halogens is 1. The molecule has 0 amide bonds. The lowest BCUT2D eigenvalue weighted by atomic mass is 9.98. The van der Waals surface area contributed by atoms with E-state index < -0.39 is 0 Å². The monoisotopic (exact) mass is 222 g/mol. The molecule has 1 aromatic carbocycles. The maximum absolute atomic E-state index is 13.6. The number of benzene rings is 1. The normalized spacial score (nSPS) is 22.2. The molecule has 1 heterocycles. The van der Waals surface area contributed by atoms with Gasteiger partial charge >= 0.3 is 0 Å². The van der Waals surface area contributed by atoms with Crippen molar-refractivity contribution in [3.63, 3.8) is 0 Å². The highest BCUT2D eigenvalue weighted by Gasteiger charge is 2.21. The third kappa shape index (κ3) is 2.60. The molecule has 2 rings (SSSR count). The molecular weight excluding hydrogens is 203 g/mol. The summed E-state index contributed by atoms with van der Waals surface area (Å²) in [5.41, 5.74) is 0.777. The van der Waals surface area contributed by atoms with E-state index in [1.165, 1.54) is 18.9 Å². The Morgan fingerprint density at radius 3 is 2.94 bits per heavy atom. The summed E-state index contributed by atoms with van der Waals surface area (Å²) in [6.45, 7) is 1.10. The molecule has 0 spiro atoms. The van der Waals surface area contributed by atoms with Crippen LogP contribution in [0, 0.1) is 5.82 Å². The van der Waals surface area contributed by atoms with E-state index in [0.717, 1.165) is 18.5 Å². The first-order valence-electron chi connectivity index (χ1n) is 5.96. The number of nitrogens with one attached hydrogen (secondary N) is 2. The van der Waals surface area contributed by atoms with Crippen LogP contribution in [0.1, 0.15) is 30.9 Å². The SMILES string of the molecule is CNC(CC1CCCN1)c1ccccc1F. The lowest BCUT2D eigenvalue weighted by molar-refractivity contribution is 0.439. The molecule has 88 valence electrons. The van der Waals surface area contributed by atoms with Gasteiger partial charge in [-0.2, -0.15) is 0 Å². The van der Waals surface area contributed by atoms with Crippen molar-refractivity contribution in [2.24, 2.45) is 0 Å². The first-order chi connectivity index (χ1) is 7.81. The van der Waals surface area contributed by atoms with E-state index in [2.05, 4.69) is 10.6 Å². The molecule has 3 heteroatoms. The smallest absolute Gasteiger partial charge is 0.127 e. The molecule has 2 N–H and O–H groups in total. The zero-order valence-electron chi connectivity index (χ0n) is 9.67. The zero-order chi connectivity index (χ0) is 11.4. The fraction of sp³-hybridized carbons (Fsp3) is 0.538. The van der Waals surface area contributed by atoms with Crippen LogP contribution in [0.5, 0.6) is 0 Å². The van der Waals surface area contributed by atoms with Crippen LogP contribution < -0.4 is 10.6 Å². The summed E-state index contributed by atoms with van der Waals surface area (Å²) >= 11 is 0. The van der Waals surface area contributed by atoms with E-state index in [-0.39, 0.29) is 11.9 Å². The third-order valence-electron chi connectivity index (χ3n) is 3.31. The Hall–Kier alpha value is -0.930. The van der Waals surface area contributed by atoms with Crippen molar-refractivity contribution < 1.29 is 4.39 Å². The third-order valence-corrected chi connectivity index (χ3v) is 3.31. The van der Waals surface area contributed by atoms with Gasteiger partial charge in [0.1, 0.15) is 5.82 Å². The largest absolute Gasteiger partial charge is 0.314 e. The molecular formula is C13H19FN2. The maximum atomic E-state index is 13.6. The molecule has 0 radical (unpaired) electrons. The topological polar surface area (TPSA) is 24.1 Å². The van der Waals surface area contributed by atoms with Crippen LogP contribution in [0.3, 0.4) is 0 Å². The first-order valence-corrected chi connectivity index (χ1v) is 5.96. The van der Waals surface area contributed by atoms with Crippen LogP contribution in [0.15, 0.2) is 24.3 Å². The van der Waals surface area contributed by atoms with Gasteiger partial charge in [-0.25, -0.2) is 4.39 Å². The first kappa shape index (κ1) is 11.6. The van der Waals surface area contributed by atoms with Gasteiger partial charge in [-0.3, -0.25) is 0 Å². The van der Waals surface area contributed by atoms with Gasteiger partial charge in [0.2, 0.25) is 0 Å². The van der Waals surface area contributed by atoms with Crippen molar-refractivity contribution in [3.8, 4) is 0 Å². The molecule has 1 saturated heterocycles. The Labute approximate surface area is 96.2 Å². The van der Waals surface area contributed by atoms with E-state index in [1.807, 2.05) is 19.2 Å². The van der Waals surface area contributed by atoms with E-state index in [1.54, 1.807) is 6.07 Å². The standard InChI is InChI=1S/C13H19FN2/c1-15-13(9-10-5-4-8-16-10)11-6-2-3-7-12(11)14/h2-3,6-7,10,13,15-16H,4-5,8-9H2,1H3. The van der Waals surface area contributed by atoms with Crippen molar-refractivity contribution in [1.82, 2.24) is 10.6 Å². The van der Waals surface area contributed by atoms with Crippen molar-refractivity contribution in [2.45, 2.75) is 31.3 Å². The van der Waals surface area contributed by atoms with Crippen LogP contribution >= 0.6 is 0 Å².